The highest BCUT2D eigenvalue weighted by atomic mass is 32.2. The molecule has 0 radical (unpaired) electrons. The number of halogens is 3. The summed E-state index contributed by atoms with van der Waals surface area (Å²) >= 11 is 0. The van der Waals surface area contributed by atoms with E-state index in [2.05, 4.69) is 25.6 Å². The summed E-state index contributed by atoms with van der Waals surface area (Å²) in [5, 5.41) is 6.05. The summed E-state index contributed by atoms with van der Waals surface area (Å²) in [6, 6.07) is 2.53. The summed E-state index contributed by atoms with van der Waals surface area (Å²) in [6.45, 7) is 1.47. The SMILES string of the molecule is COc1ncccc1CNc1nc(C(F)(F)F)ncc1C(=O)N[C@@H](C)/C=C/S(C)(=O)=O. The van der Waals surface area contributed by atoms with Gasteiger partial charge < -0.3 is 15.4 Å². The number of nitrogens with one attached hydrogen (secondary N) is 2. The van der Waals surface area contributed by atoms with Crippen LogP contribution in [0.4, 0.5) is 19.0 Å². The van der Waals surface area contributed by atoms with Crippen LogP contribution in [0.2, 0.25) is 0 Å². The fourth-order valence-electron chi connectivity index (χ4n) is 2.33. The Labute approximate surface area is 176 Å². The van der Waals surface area contributed by atoms with Crippen LogP contribution in [0, 0.1) is 0 Å². The number of pyridine rings is 1. The summed E-state index contributed by atoms with van der Waals surface area (Å²) in [4.78, 5) is 23.2. The summed E-state index contributed by atoms with van der Waals surface area (Å²) in [7, 11) is -2.02. The van der Waals surface area contributed by atoms with E-state index in [9.17, 15) is 26.4 Å². The molecule has 0 aliphatic rings. The van der Waals surface area contributed by atoms with Gasteiger partial charge in [-0.3, -0.25) is 4.79 Å². The maximum absolute atomic E-state index is 13.1. The third kappa shape index (κ3) is 7.20. The number of hydrogen-bond acceptors (Lipinski definition) is 8. The number of carbonyl (C=O) groups excluding carboxylic acids is 1. The first kappa shape index (κ1) is 24.1. The number of methoxy groups -OCH3 is 1. The lowest BCUT2D eigenvalue weighted by atomic mass is 10.2. The summed E-state index contributed by atoms with van der Waals surface area (Å²) < 4.78 is 66.7. The van der Waals surface area contributed by atoms with Crippen LogP contribution in [-0.4, -0.2) is 48.7 Å². The molecule has 2 rings (SSSR count). The van der Waals surface area contributed by atoms with Crippen molar-refractivity contribution < 1.29 is 31.1 Å². The Morgan fingerprint density at radius 2 is 2.03 bits per heavy atom. The Kier molecular flexibility index (Phi) is 7.55. The molecule has 0 aliphatic carbocycles. The predicted molar refractivity (Wildman–Crippen MR) is 106 cm³/mol. The van der Waals surface area contributed by atoms with Gasteiger partial charge in [-0.05, 0) is 13.0 Å². The van der Waals surface area contributed by atoms with Crippen LogP contribution in [0.15, 0.2) is 36.0 Å². The second-order valence-corrected chi connectivity index (χ2v) is 8.33. The molecule has 168 valence electrons. The molecule has 31 heavy (non-hydrogen) atoms. The van der Waals surface area contributed by atoms with Crippen molar-refractivity contribution in [2.24, 2.45) is 0 Å². The number of alkyl halides is 3. The zero-order valence-corrected chi connectivity index (χ0v) is 17.6. The number of hydrogen-bond donors (Lipinski definition) is 2. The van der Waals surface area contributed by atoms with Crippen molar-refractivity contribution >= 4 is 21.6 Å². The first-order valence-corrected chi connectivity index (χ1v) is 10.7. The fourth-order valence-corrected chi connectivity index (χ4v) is 2.86. The van der Waals surface area contributed by atoms with Gasteiger partial charge in [-0.15, -0.1) is 0 Å². The molecule has 0 aliphatic heterocycles. The van der Waals surface area contributed by atoms with Crippen LogP contribution in [0.3, 0.4) is 0 Å². The molecule has 2 aromatic rings. The summed E-state index contributed by atoms with van der Waals surface area (Å²) in [6.07, 6.45) is -0.370. The van der Waals surface area contributed by atoms with Crippen molar-refractivity contribution in [3.05, 3.63) is 53.0 Å². The molecular formula is C18H20F3N5O4S. The highest BCUT2D eigenvalue weighted by Gasteiger charge is 2.35. The Balaban J connectivity index is 2.31. The van der Waals surface area contributed by atoms with Crippen molar-refractivity contribution in [1.82, 2.24) is 20.3 Å². The van der Waals surface area contributed by atoms with Gasteiger partial charge in [0.1, 0.15) is 11.4 Å². The van der Waals surface area contributed by atoms with E-state index in [1.165, 1.54) is 26.3 Å². The van der Waals surface area contributed by atoms with Crippen molar-refractivity contribution in [3.8, 4) is 5.88 Å². The summed E-state index contributed by atoms with van der Waals surface area (Å²) in [5.74, 6) is -2.31. The monoisotopic (exact) mass is 459 g/mol. The molecule has 2 aromatic heterocycles. The van der Waals surface area contributed by atoms with Gasteiger partial charge in [-0.1, -0.05) is 12.1 Å². The number of aromatic nitrogens is 3. The van der Waals surface area contributed by atoms with Gasteiger partial charge >= 0.3 is 6.18 Å². The number of ether oxygens (including phenoxy) is 1. The molecule has 0 saturated heterocycles. The molecule has 9 nitrogen and oxygen atoms in total. The highest BCUT2D eigenvalue weighted by Crippen LogP contribution is 2.28. The van der Waals surface area contributed by atoms with Gasteiger partial charge in [0.15, 0.2) is 9.84 Å². The first-order chi connectivity index (χ1) is 14.4. The molecule has 1 atom stereocenters. The fraction of sp³-hybridized carbons (Fsp3) is 0.333. The van der Waals surface area contributed by atoms with Crippen LogP contribution in [-0.2, 0) is 22.6 Å². The minimum Gasteiger partial charge on any atom is -0.481 e. The zero-order valence-electron chi connectivity index (χ0n) is 16.8. The quantitative estimate of drug-likeness (QED) is 0.616. The Morgan fingerprint density at radius 1 is 1.32 bits per heavy atom. The molecule has 0 aromatic carbocycles. The second kappa shape index (κ2) is 9.73. The Bertz CT molecular complexity index is 1070. The number of carbonyl (C=O) groups is 1. The molecule has 0 spiro atoms. The lowest BCUT2D eigenvalue weighted by Crippen LogP contribution is -2.32. The predicted octanol–water partition coefficient (Wildman–Crippen LogP) is 2.19. The smallest absolute Gasteiger partial charge is 0.451 e. The van der Waals surface area contributed by atoms with Gasteiger partial charge in [0.05, 0.1) is 7.11 Å². The van der Waals surface area contributed by atoms with E-state index in [1.54, 1.807) is 12.1 Å². The molecule has 0 fully saturated rings. The zero-order chi connectivity index (χ0) is 23.2. The van der Waals surface area contributed by atoms with Crippen molar-refractivity contribution in [2.75, 3.05) is 18.7 Å². The normalized spacial score (nSPS) is 13.1. The molecule has 1 amide bonds. The molecule has 2 heterocycles. The minimum atomic E-state index is -4.82. The number of anilines is 1. The van der Waals surface area contributed by atoms with Crippen LogP contribution in [0.1, 0.15) is 28.7 Å². The standard InChI is InChI=1S/C18H20F3N5O4S/c1-11(6-8-31(3,28)29)25-15(27)13-10-24-17(18(19,20)21)26-14(13)23-9-12-5-4-7-22-16(12)30-2/h4-8,10-11H,9H2,1-3H3,(H,25,27)(H,23,24,26)/b8-6+/t11-/m0/s1. The van der Waals surface area contributed by atoms with Crippen LogP contribution < -0.4 is 15.4 Å². The van der Waals surface area contributed by atoms with E-state index in [-0.39, 0.29) is 23.8 Å². The molecule has 0 bridgehead atoms. The van der Waals surface area contributed by atoms with E-state index in [0.717, 1.165) is 17.9 Å². The lowest BCUT2D eigenvalue weighted by Gasteiger charge is -2.15. The minimum absolute atomic E-state index is 0.0326. The topological polar surface area (TPSA) is 123 Å². The van der Waals surface area contributed by atoms with Crippen LogP contribution in [0.25, 0.3) is 0 Å². The van der Waals surface area contributed by atoms with Gasteiger partial charge in [0.25, 0.3) is 5.91 Å². The molecule has 0 unspecified atom stereocenters. The average Bonchev–Trinajstić information content (AvgIpc) is 2.69. The van der Waals surface area contributed by atoms with E-state index in [1.807, 2.05) is 0 Å². The Morgan fingerprint density at radius 3 is 2.65 bits per heavy atom. The molecule has 0 saturated carbocycles. The van der Waals surface area contributed by atoms with E-state index < -0.39 is 33.8 Å². The van der Waals surface area contributed by atoms with E-state index in [0.29, 0.717) is 5.56 Å². The lowest BCUT2D eigenvalue weighted by molar-refractivity contribution is -0.144. The maximum Gasteiger partial charge on any atom is 0.451 e. The third-order valence-corrected chi connectivity index (χ3v) is 4.40. The van der Waals surface area contributed by atoms with Crippen molar-refractivity contribution in [2.45, 2.75) is 25.7 Å². The molecule has 13 heteroatoms. The summed E-state index contributed by atoms with van der Waals surface area (Å²) in [5.41, 5.74) is 0.267. The highest BCUT2D eigenvalue weighted by molar-refractivity contribution is 7.93. The van der Waals surface area contributed by atoms with Crippen LogP contribution in [0.5, 0.6) is 5.88 Å². The van der Waals surface area contributed by atoms with Crippen molar-refractivity contribution in [1.29, 1.82) is 0 Å². The first-order valence-electron chi connectivity index (χ1n) is 8.76. The number of rotatable bonds is 8. The second-order valence-electron chi connectivity index (χ2n) is 6.40. The maximum atomic E-state index is 13.1. The van der Waals surface area contributed by atoms with Gasteiger partial charge in [-0.2, -0.15) is 13.2 Å². The Hall–Kier alpha value is -3.22. The van der Waals surface area contributed by atoms with Gasteiger partial charge in [0, 0.05) is 42.2 Å². The number of amides is 1. The van der Waals surface area contributed by atoms with Gasteiger partial charge in [-0.25, -0.2) is 23.4 Å². The third-order valence-electron chi connectivity index (χ3n) is 3.75. The van der Waals surface area contributed by atoms with Crippen LogP contribution >= 0.6 is 0 Å². The van der Waals surface area contributed by atoms with E-state index in [4.69, 9.17) is 4.74 Å². The van der Waals surface area contributed by atoms with Gasteiger partial charge in [0.2, 0.25) is 11.7 Å². The number of nitrogens with zero attached hydrogens (tertiary/aromatic N) is 3. The largest absolute Gasteiger partial charge is 0.481 e. The van der Waals surface area contributed by atoms with Crippen molar-refractivity contribution in [3.63, 3.8) is 0 Å². The molecular weight excluding hydrogens is 439 g/mol. The number of sulfone groups is 1. The molecule has 2 N–H and O–H groups in total. The average molecular weight is 459 g/mol. The van der Waals surface area contributed by atoms with E-state index >= 15 is 0 Å².